The van der Waals surface area contributed by atoms with Gasteiger partial charge in [0.2, 0.25) is 0 Å². The Kier molecular flexibility index (Phi) is 4.02. The van der Waals surface area contributed by atoms with Gasteiger partial charge >= 0.3 is 0 Å². The maximum atomic E-state index is 2.30. The third-order valence-electron chi connectivity index (χ3n) is 2.11. The van der Waals surface area contributed by atoms with Gasteiger partial charge in [-0.2, -0.15) is 0 Å². The van der Waals surface area contributed by atoms with Gasteiger partial charge in [-0.1, -0.05) is 42.5 Å². The van der Waals surface area contributed by atoms with Gasteiger partial charge in [0, 0.05) is 21.7 Å². The average Bonchev–Trinajstić information content (AvgIpc) is 2.86. The molecule has 0 N–H and O–H groups in total. The summed E-state index contributed by atoms with van der Waals surface area (Å²) >= 11 is 3.99. The molecule has 2 rings (SSSR count). The molecule has 0 fully saturated rings. The second-order valence-electron chi connectivity index (χ2n) is 3.20. The third kappa shape index (κ3) is 3.10. The highest BCUT2D eigenvalue weighted by Gasteiger charge is 2.04. The molecule has 0 spiro atoms. The Morgan fingerprint density at radius 2 is 2.07 bits per heavy atom. The number of thioether (sulfide) groups is 2. The lowest BCUT2D eigenvalue weighted by Crippen LogP contribution is -1.93. The zero-order chi connectivity index (χ0) is 9.64. The molecule has 0 nitrogen and oxygen atoms in total. The van der Waals surface area contributed by atoms with E-state index < -0.39 is 0 Å². The maximum absolute atomic E-state index is 2.30. The van der Waals surface area contributed by atoms with Crippen molar-refractivity contribution < 1.29 is 0 Å². The van der Waals surface area contributed by atoms with E-state index in [0.717, 1.165) is 6.42 Å². The molecule has 14 heavy (non-hydrogen) atoms. The molecule has 0 unspecified atom stereocenters. The highest BCUT2D eigenvalue weighted by molar-refractivity contribution is 8.05. The third-order valence-corrected chi connectivity index (χ3v) is 4.55. The normalized spacial score (nSPS) is 19.6. The SMILES string of the molecule is C1=CC(SCCSC2=CCC=C2)C=C1. The van der Waals surface area contributed by atoms with E-state index in [1.165, 1.54) is 16.4 Å². The fourth-order valence-electron chi connectivity index (χ4n) is 1.41. The molecular formula is C12H14S2. The van der Waals surface area contributed by atoms with Crippen molar-refractivity contribution in [1.82, 2.24) is 0 Å². The Bertz CT molecular complexity index is 285. The molecular weight excluding hydrogens is 208 g/mol. The van der Waals surface area contributed by atoms with Crippen molar-refractivity contribution in [3.05, 3.63) is 47.4 Å². The van der Waals surface area contributed by atoms with Gasteiger partial charge in [-0.05, 0) is 6.42 Å². The lowest BCUT2D eigenvalue weighted by Gasteiger charge is -2.04. The van der Waals surface area contributed by atoms with Gasteiger partial charge in [0.1, 0.15) is 0 Å². The average molecular weight is 222 g/mol. The van der Waals surface area contributed by atoms with Gasteiger partial charge in [-0.3, -0.25) is 0 Å². The summed E-state index contributed by atoms with van der Waals surface area (Å²) in [4.78, 5) is 1.45. The summed E-state index contributed by atoms with van der Waals surface area (Å²) in [7, 11) is 0. The molecule has 2 aliphatic rings. The van der Waals surface area contributed by atoms with E-state index in [-0.39, 0.29) is 0 Å². The molecule has 0 aliphatic heterocycles. The predicted molar refractivity (Wildman–Crippen MR) is 68.8 cm³/mol. The van der Waals surface area contributed by atoms with Crippen LogP contribution in [0.3, 0.4) is 0 Å². The Hall–Kier alpha value is -0.340. The van der Waals surface area contributed by atoms with E-state index in [1.54, 1.807) is 0 Å². The molecule has 2 heteroatoms. The van der Waals surface area contributed by atoms with Crippen LogP contribution in [-0.2, 0) is 0 Å². The molecule has 0 aromatic heterocycles. The van der Waals surface area contributed by atoms with Crippen LogP contribution >= 0.6 is 23.5 Å². The van der Waals surface area contributed by atoms with Crippen LogP contribution in [0.5, 0.6) is 0 Å². The molecule has 0 bridgehead atoms. The highest BCUT2D eigenvalue weighted by atomic mass is 32.2. The fraction of sp³-hybridized carbons (Fsp3) is 0.333. The van der Waals surface area contributed by atoms with Crippen LogP contribution in [0.15, 0.2) is 47.4 Å². The molecule has 74 valence electrons. The summed E-state index contributed by atoms with van der Waals surface area (Å²) in [6.45, 7) is 0. The minimum absolute atomic E-state index is 0.628. The molecule has 0 aromatic rings. The van der Waals surface area contributed by atoms with E-state index in [0.29, 0.717) is 5.25 Å². The molecule has 2 aliphatic carbocycles. The van der Waals surface area contributed by atoms with Crippen molar-refractivity contribution in [3.8, 4) is 0 Å². The quantitative estimate of drug-likeness (QED) is 0.649. The van der Waals surface area contributed by atoms with Crippen molar-refractivity contribution in [2.45, 2.75) is 11.7 Å². The van der Waals surface area contributed by atoms with Crippen molar-refractivity contribution in [3.63, 3.8) is 0 Å². The van der Waals surface area contributed by atoms with E-state index in [2.05, 4.69) is 42.5 Å². The van der Waals surface area contributed by atoms with Crippen molar-refractivity contribution in [2.24, 2.45) is 0 Å². The first-order valence-corrected chi connectivity index (χ1v) is 6.95. The van der Waals surface area contributed by atoms with Gasteiger partial charge in [-0.25, -0.2) is 0 Å². The monoisotopic (exact) mass is 222 g/mol. The lowest BCUT2D eigenvalue weighted by atomic mass is 10.5. The predicted octanol–water partition coefficient (Wildman–Crippen LogP) is 3.79. The Morgan fingerprint density at radius 1 is 1.21 bits per heavy atom. The summed E-state index contributed by atoms with van der Waals surface area (Å²) in [6, 6.07) is 0. The Labute approximate surface area is 94.2 Å². The zero-order valence-corrected chi connectivity index (χ0v) is 9.69. The van der Waals surface area contributed by atoms with E-state index >= 15 is 0 Å². The minimum Gasteiger partial charge on any atom is -0.149 e. The van der Waals surface area contributed by atoms with Gasteiger partial charge in [0.05, 0.1) is 0 Å². The minimum atomic E-state index is 0.628. The topological polar surface area (TPSA) is 0 Å². The molecule has 0 aromatic carbocycles. The molecule has 0 radical (unpaired) electrons. The number of hydrogen-bond donors (Lipinski definition) is 0. The summed E-state index contributed by atoms with van der Waals surface area (Å²) in [5.41, 5.74) is 0. The first-order chi connectivity index (χ1) is 6.95. The smallest absolute Gasteiger partial charge is 0.0413 e. The van der Waals surface area contributed by atoms with Crippen molar-refractivity contribution >= 4 is 23.5 Å². The number of rotatable bonds is 5. The highest BCUT2D eigenvalue weighted by Crippen LogP contribution is 2.25. The second kappa shape index (κ2) is 5.52. The zero-order valence-electron chi connectivity index (χ0n) is 8.06. The Balaban J connectivity index is 1.57. The van der Waals surface area contributed by atoms with Crippen LogP contribution in [0.25, 0.3) is 0 Å². The second-order valence-corrected chi connectivity index (χ2v) is 5.65. The van der Waals surface area contributed by atoms with Crippen LogP contribution < -0.4 is 0 Å². The van der Waals surface area contributed by atoms with Gasteiger partial charge in [-0.15, -0.1) is 23.5 Å². The summed E-state index contributed by atoms with van der Waals surface area (Å²) < 4.78 is 0. The molecule has 0 amide bonds. The summed E-state index contributed by atoms with van der Waals surface area (Å²) in [6.07, 6.45) is 16.6. The Morgan fingerprint density at radius 3 is 2.79 bits per heavy atom. The lowest BCUT2D eigenvalue weighted by molar-refractivity contribution is 1.43. The number of allylic oxidation sites excluding steroid dienone is 5. The summed E-state index contributed by atoms with van der Waals surface area (Å²) in [5.74, 6) is 2.45. The van der Waals surface area contributed by atoms with Crippen LogP contribution in [0.4, 0.5) is 0 Å². The maximum Gasteiger partial charge on any atom is 0.0413 e. The molecule has 0 saturated carbocycles. The standard InChI is InChI=1S/C12H14S2/c1-2-6-11(5-1)13-9-10-14-12-7-3-4-8-12/h1-3,5-8,11H,4,9-10H2. The fourth-order valence-corrected chi connectivity index (χ4v) is 3.45. The van der Waals surface area contributed by atoms with Gasteiger partial charge in [0.15, 0.2) is 0 Å². The van der Waals surface area contributed by atoms with E-state index in [1.807, 2.05) is 23.5 Å². The first-order valence-electron chi connectivity index (χ1n) is 4.91. The van der Waals surface area contributed by atoms with Crippen LogP contribution in [0.1, 0.15) is 6.42 Å². The first kappa shape index (κ1) is 10.2. The molecule has 0 atom stereocenters. The summed E-state index contributed by atoms with van der Waals surface area (Å²) in [5, 5.41) is 0.628. The van der Waals surface area contributed by atoms with Crippen LogP contribution in [0, 0.1) is 0 Å². The largest absolute Gasteiger partial charge is 0.149 e. The van der Waals surface area contributed by atoms with E-state index in [4.69, 9.17) is 0 Å². The van der Waals surface area contributed by atoms with Crippen molar-refractivity contribution in [2.75, 3.05) is 11.5 Å². The van der Waals surface area contributed by atoms with Gasteiger partial charge in [0.25, 0.3) is 0 Å². The van der Waals surface area contributed by atoms with Crippen molar-refractivity contribution in [1.29, 1.82) is 0 Å². The van der Waals surface area contributed by atoms with Crippen LogP contribution in [0.2, 0.25) is 0 Å². The van der Waals surface area contributed by atoms with E-state index in [9.17, 15) is 0 Å². The van der Waals surface area contributed by atoms with Crippen LogP contribution in [-0.4, -0.2) is 16.8 Å². The van der Waals surface area contributed by atoms with Gasteiger partial charge < -0.3 is 0 Å². The molecule has 0 saturated heterocycles. The molecule has 0 heterocycles. The number of hydrogen-bond acceptors (Lipinski definition) is 2.